The maximum atomic E-state index is 12.0. The molecule has 0 bridgehead atoms. The van der Waals surface area contributed by atoms with Gasteiger partial charge < -0.3 is 15.4 Å². The van der Waals surface area contributed by atoms with Crippen LogP contribution in [0.25, 0.3) is 0 Å². The minimum absolute atomic E-state index is 0.0165. The third-order valence-corrected chi connectivity index (χ3v) is 5.25. The number of rotatable bonds is 6. The van der Waals surface area contributed by atoms with Gasteiger partial charge >= 0.3 is 5.97 Å². The average Bonchev–Trinajstić information content (AvgIpc) is 2.85. The summed E-state index contributed by atoms with van der Waals surface area (Å²) >= 11 is 0. The summed E-state index contributed by atoms with van der Waals surface area (Å²) in [4.78, 5) is 23.8. The molecule has 1 fully saturated rings. The number of nitrogens with one attached hydrogen (secondary N) is 2. The number of amides is 1. The van der Waals surface area contributed by atoms with Gasteiger partial charge in [-0.25, -0.2) is 13.2 Å². The Hall–Kier alpha value is -1.93. The molecule has 1 aromatic rings. The molecule has 0 saturated carbocycles. The van der Waals surface area contributed by atoms with Gasteiger partial charge in [-0.2, -0.15) is 0 Å². The normalized spacial score (nSPS) is 19.3. The van der Waals surface area contributed by atoms with Crippen molar-refractivity contribution in [3.63, 3.8) is 0 Å². The van der Waals surface area contributed by atoms with Crippen LogP contribution in [0.15, 0.2) is 24.3 Å². The van der Waals surface area contributed by atoms with Crippen LogP contribution in [0.4, 0.5) is 5.69 Å². The fourth-order valence-corrected chi connectivity index (χ4v) is 4.07. The molecule has 2 rings (SSSR count). The lowest BCUT2D eigenvalue weighted by Gasteiger charge is -2.13. The van der Waals surface area contributed by atoms with Crippen molar-refractivity contribution in [2.45, 2.75) is 19.4 Å². The minimum Gasteiger partial charge on any atom is -0.462 e. The molecular weight excluding hydrogens is 320 g/mol. The lowest BCUT2D eigenvalue weighted by atomic mass is 10.2. The van der Waals surface area contributed by atoms with E-state index in [1.54, 1.807) is 31.2 Å². The van der Waals surface area contributed by atoms with E-state index in [2.05, 4.69) is 10.6 Å². The highest BCUT2D eigenvalue weighted by Gasteiger charge is 2.27. The van der Waals surface area contributed by atoms with Gasteiger partial charge in [0.25, 0.3) is 0 Å². The van der Waals surface area contributed by atoms with Crippen LogP contribution in [-0.2, 0) is 19.4 Å². The van der Waals surface area contributed by atoms with Crippen molar-refractivity contribution in [1.82, 2.24) is 5.32 Å². The summed E-state index contributed by atoms with van der Waals surface area (Å²) in [6.45, 7) is 1.94. The predicted molar refractivity (Wildman–Crippen MR) is 86.1 cm³/mol. The van der Waals surface area contributed by atoms with Crippen molar-refractivity contribution in [3.05, 3.63) is 29.8 Å². The topological polar surface area (TPSA) is 102 Å². The summed E-state index contributed by atoms with van der Waals surface area (Å²) in [5.74, 6) is -0.637. The smallest absolute Gasteiger partial charge is 0.340 e. The van der Waals surface area contributed by atoms with Crippen LogP contribution in [0, 0.1) is 0 Å². The Balaban J connectivity index is 1.92. The van der Waals surface area contributed by atoms with Crippen LogP contribution in [0.3, 0.4) is 0 Å². The van der Waals surface area contributed by atoms with E-state index in [9.17, 15) is 18.0 Å². The van der Waals surface area contributed by atoms with E-state index < -0.39 is 15.8 Å². The fourth-order valence-electron chi connectivity index (χ4n) is 2.37. The standard InChI is InChI=1S/C15H20N2O5S/c1-2-22-15(19)12-5-3-4-6-13(12)17-14(18)9-16-11-7-8-23(20,21)10-11/h3-6,11,16H,2,7-10H2,1H3,(H,17,18). The maximum Gasteiger partial charge on any atom is 0.340 e. The van der Waals surface area contributed by atoms with Crippen LogP contribution in [0.2, 0.25) is 0 Å². The summed E-state index contributed by atoms with van der Waals surface area (Å²) in [5, 5.41) is 5.57. The Morgan fingerprint density at radius 2 is 2.04 bits per heavy atom. The Labute approximate surface area is 135 Å². The zero-order valence-electron chi connectivity index (χ0n) is 12.9. The Kier molecular flexibility index (Phi) is 5.73. The van der Waals surface area contributed by atoms with Gasteiger partial charge in [-0.15, -0.1) is 0 Å². The van der Waals surface area contributed by atoms with Gasteiger partial charge in [-0.3, -0.25) is 4.79 Å². The molecule has 126 valence electrons. The molecule has 1 aliphatic rings. The number of hydrogen-bond donors (Lipinski definition) is 2. The molecule has 0 spiro atoms. The lowest BCUT2D eigenvalue weighted by Crippen LogP contribution is -2.37. The number of esters is 1. The predicted octanol–water partition coefficient (Wildman–Crippen LogP) is 0.579. The minimum atomic E-state index is -2.98. The molecular formula is C15H20N2O5S. The lowest BCUT2D eigenvalue weighted by molar-refractivity contribution is -0.115. The molecule has 2 N–H and O–H groups in total. The Bertz CT molecular complexity index is 687. The first-order chi connectivity index (χ1) is 10.9. The molecule has 0 aliphatic carbocycles. The van der Waals surface area contributed by atoms with Gasteiger partial charge in [-0.05, 0) is 25.5 Å². The van der Waals surface area contributed by atoms with Crippen molar-refractivity contribution in [2.24, 2.45) is 0 Å². The molecule has 0 radical (unpaired) electrons. The highest BCUT2D eigenvalue weighted by atomic mass is 32.2. The van der Waals surface area contributed by atoms with Crippen molar-refractivity contribution in [1.29, 1.82) is 0 Å². The fraction of sp³-hybridized carbons (Fsp3) is 0.467. The second-order valence-electron chi connectivity index (χ2n) is 5.30. The zero-order chi connectivity index (χ0) is 16.9. The molecule has 23 heavy (non-hydrogen) atoms. The molecule has 7 nitrogen and oxygen atoms in total. The number of ether oxygens (including phenoxy) is 1. The van der Waals surface area contributed by atoms with Gasteiger partial charge in [0.05, 0.1) is 35.9 Å². The third kappa shape index (κ3) is 5.04. The van der Waals surface area contributed by atoms with Crippen molar-refractivity contribution in [3.8, 4) is 0 Å². The summed E-state index contributed by atoms with van der Waals surface area (Å²) in [6.07, 6.45) is 0.509. The van der Waals surface area contributed by atoms with Crippen LogP contribution in [0.5, 0.6) is 0 Å². The molecule has 8 heteroatoms. The highest BCUT2D eigenvalue weighted by Crippen LogP contribution is 2.16. The van der Waals surface area contributed by atoms with Gasteiger partial charge in [-0.1, -0.05) is 12.1 Å². The summed E-state index contributed by atoms with van der Waals surface area (Å²) in [5.41, 5.74) is 0.655. The number of benzene rings is 1. The molecule has 1 aromatic carbocycles. The third-order valence-electron chi connectivity index (χ3n) is 3.48. The van der Waals surface area contributed by atoms with E-state index in [0.29, 0.717) is 12.1 Å². The van der Waals surface area contributed by atoms with E-state index in [1.165, 1.54) is 0 Å². The first-order valence-corrected chi connectivity index (χ1v) is 9.23. The van der Waals surface area contributed by atoms with E-state index in [0.717, 1.165) is 0 Å². The van der Waals surface area contributed by atoms with Crippen molar-refractivity contribution < 1.29 is 22.7 Å². The van der Waals surface area contributed by atoms with Crippen LogP contribution in [-0.4, -0.2) is 51.0 Å². The number of sulfone groups is 1. The second kappa shape index (κ2) is 7.56. The quantitative estimate of drug-likeness (QED) is 0.735. The molecule has 1 heterocycles. The Morgan fingerprint density at radius 1 is 1.30 bits per heavy atom. The largest absolute Gasteiger partial charge is 0.462 e. The van der Waals surface area contributed by atoms with Crippen molar-refractivity contribution >= 4 is 27.4 Å². The summed E-state index contributed by atoms with van der Waals surface area (Å²) in [6, 6.07) is 6.37. The number of carbonyl (C=O) groups is 2. The average molecular weight is 340 g/mol. The van der Waals surface area contributed by atoms with E-state index >= 15 is 0 Å². The number of carbonyl (C=O) groups excluding carboxylic acids is 2. The first-order valence-electron chi connectivity index (χ1n) is 7.41. The molecule has 1 saturated heterocycles. The van der Waals surface area contributed by atoms with Crippen molar-refractivity contribution in [2.75, 3.05) is 30.0 Å². The van der Waals surface area contributed by atoms with Gasteiger partial charge in [0, 0.05) is 6.04 Å². The van der Waals surface area contributed by atoms with Gasteiger partial charge in [0.1, 0.15) is 0 Å². The second-order valence-corrected chi connectivity index (χ2v) is 7.52. The van der Waals surface area contributed by atoms with E-state index in [4.69, 9.17) is 4.74 Å². The summed E-state index contributed by atoms with van der Waals surface area (Å²) < 4.78 is 27.7. The number of anilines is 1. The first kappa shape index (κ1) is 17.4. The SMILES string of the molecule is CCOC(=O)c1ccccc1NC(=O)CNC1CCS(=O)(=O)C1. The zero-order valence-corrected chi connectivity index (χ0v) is 13.7. The number of para-hydroxylation sites is 1. The van der Waals surface area contributed by atoms with E-state index in [-0.39, 0.29) is 42.2 Å². The Morgan fingerprint density at radius 3 is 2.70 bits per heavy atom. The molecule has 1 unspecified atom stereocenters. The van der Waals surface area contributed by atoms with E-state index in [1.807, 2.05) is 0 Å². The maximum absolute atomic E-state index is 12.0. The van der Waals surface area contributed by atoms with Crippen LogP contribution >= 0.6 is 0 Å². The van der Waals surface area contributed by atoms with Gasteiger partial charge in [0.15, 0.2) is 9.84 Å². The monoisotopic (exact) mass is 340 g/mol. The summed E-state index contributed by atoms with van der Waals surface area (Å²) in [7, 11) is -2.98. The molecule has 1 amide bonds. The number of hydrogen-bond acceptors (Lipinski definition) is 6. The highest BCUT2D eigenvalue weighted by molar-refractivity contribution is 7.91. The molecule has 0 aromatic heterocycles. The van der Waals surface area contributed by atoms with Crippen LogP contribution < -0.4 is 10.6 Å². The molecule has 1 atom stereocenters. The molecule has 1 aliphatic heterocycles. The van der Waals surface area contributed by atoms with Crippen LogP contribution in [0.1, 0.15) is 23.7 Å². The van der Waals surface area contributed by atoms with Gasteiger partial charge in [0.2, 0.25) is 5.91 Å².